The highest BCUT2D eigenvalue weighted by molar-refractivity contribution is 5.82. The second-order valence-corrected chi connectivity index (χ2v) is 6.60. The standard InChI is InChI=1S/C16H31N3O2/c1-4-13(3)19-10-8-18(9-11-19)12-16(17,14-6-7-14)15(20)21-5-2/h13-14H,4-12,17H2,1-3H3. The SMILES string of the molecule is CCOC(=O)C(N)(CN1CCN(C(C)CC)CC1)C1CC1. The first-order valence-corrected chi connectivity index (χ1v) is 8.43. The Morgan fingerprint density at radius 2 is 1.90 bits per heavy atom. The molecular formula is C16H31N3O2. The van der Waals surface area contributed by atoms with Gasteiger partial charge in [-0.15, -0.1) is 0 Å². The van der Waals surface area contributed by atoms with Crippen molar-refractivity contribution >= 4 is 5.97 Å². The van der Waals surface area contributed by atoms with E-state index in [1.54, 1.807) is 0 Å². The molecule has 1 saturated carbocycles. The summed E-state index contributed by atoms with van der Waals surface area (Å²) in [6.07, 6.45) is 3.30. The molecule has 1 aliphatic carbocycles. The van der Waals surface area contributed by atoms with Crippen LogP contribution in [0.3, 0.4) is 0 Å². The molecule has 0 aromatic heterocycles. The van der Waals surface area contributed by atoms with E-state index in [0.717, 1.165) is 39.0 Å². The predicted molar refractivity (Wildman–Crippen MR) is 84.0 cm³/mol. The van der Waals surface area contributed by atoms with Crippen LogP contribution in [-0.2, 0) is 9.53 Å². The molecule has 0 amide bonds. The zero-order chi connectivity index (χ0) is 15.5. The summed E-state index contributed by atoms with van der Waals surface area (Å²) in [5.41, 5.74) is 5.66. The van der Waals surface area contributed by atoms with E-state index in [4.69, 9.17) is 10.5 Å². The maximum absolute atomic E-state index is 12.3. The molecule has 2 N–H and O–H groups in total. The summed E-state index contributed by atoms with van der Waals surface area (Å²) in [7, 11) is 0. The van der Waals surface area contributed by atoms with Crippen molar-refractivity contribution in [3.8, 4) is 0 Å². The predicted octanol–water partition coefficient (Wildman–Crippen LogP) is 1.07. The van der Waals surface area contributed by atoms with Crippen LogP contribution in [0.2, 0.25) is 0 Å². The summed E-state index contributed by atoms with van der Waals surface area (Å²) in [6.45, 7) is 11.5. The number of carbonyl (C=O) groups is 1. The van der Waals surface area contributed by atoms with E-state index in [-0.39, 0.29) is 5.97 Å². The fraction of sp³-hybridized carbons (Fsp3) is 0.938. The maximum Gasteiger partial charge on any atom is 0.327 e. The van der Waals surface area contributed by atoms with Gasteiger partial charge in [0.25, 0.3) is 0 Å². The monoisotopic (exact) mass is 297 g/mol. The number of nitrogens with two attached hydrogens (primary N) is 1. The van der Waals surface area contributed by atoms with Crippen LogP contribution in [0.4, 0.5) is 0 Å². The third-order valence-electron chi connectivity index (χ3n) is 5.07. The Kier molecular flexibility index (Phi) is 5.63. The van der Waals surface area contributed by atoms with Gasteiger partial charge in [0, 0.05) is 38.8 Å². The summed E-state index contributed by atoms with van der Waals surface area (Å²) in [5, 5.41) is 0. The molecule has 2 unspecified atom stereocenters. The van der Waals surface area contributed by atoms with E-state index in [1.165, 1.54) is 6.42 Å². The minimum absolute atomic E-state index is 0.211. The fourth-order valence-electron chi connectivity index (χ4n) is 3.21. The number of esters is 1. The van der Waals surface area contributed by atoms with Crippen molar-refractivity contribution in [2.24, 2.45) is 11.7 Å². The van der Waals surface area contributed by atoms with Crippen LogP contribution in [0.25, 0.3) is 0 Å². The smallest absolute Gasteiger partial charge is 0.327 e. The van der Waals surface area contributed by atoms with Gasteiger partial charge in [0.05, 0.1) is 6.61 Å². The summed E-state index contributed by atoms with van der Waals surface area (Å²) >= 11 is 0. The quantitative estimate of drug-likeness (QED) is 0.712. The largest absolute Gasteiger partial charge is 0.465 e. The summed E-state index contributed by atoms with van der Waals surface area (Å²) in [6, 6.07) is 0.642. The van der Waals surface area contributed by atoms with Gasteiger partial charge in [-0.25, -0.2) is 4.79 Å². The molecule has 5 heteroatoms. The minimum Gasteiger partial charge on any atom is -0.465 e. The Labute approximate surface area is 128 Å². The molecule has 0 radical (unpaired) electrons. The highest BCUT2D eigenvalue weighted by atomic mass is 16.5. The zero-order valence-corrected chi connectivity index (χ0v) is 13.8. The van der Waals surface area contributed by atoms with Gasteiger partial charge in [-0.05, 0) is 39.0 Å². The zero-order valence-electron chi connectivity index (χ0n) is 13.8. The van der Waals surface area contributed by atoms with E-state index >= 15 is 0 Å². The van der Waals surface area contributed by atoms with Crippen molar-refractivity contribution in [2.75, 3.05) is 39.3 Å². The summed E-state index contributed by atoms with van der Waals surface area (Å²) in [4.78, 5) is 17.1. The Balaban J connectivity index is 1.89. The van der Waals surface area contributed by atoms with Crippen molar-refractivity contribution in [1.29, 1.82) is 0 Å². The highest BCUT2D eigenvalue weighted by Crippen LogP contribution is 2.39. The maximum atomic E-state index is 12.3. The molecule has 2 atom stereocenters. The molecule has 1 saturated heterocycles. The lowest BCUT2D eigenvalue weighted by molar-refractivity contribution is -0.151. The van der Waals surface area contributed by atoms with Crippen molar-refractivity contribution in [2.45, 2.75) is 51.6 Å². The van der Waals surface area contributed by atoms with Gasteiger partial charge in [0.15, 0.2) is 0 Å². The van der Waals surface area contributed by atoms with E-state index in [1.807, 2.05) is 6.92 Å². The Morgan fingerprint density at radius 3 is 2.38 bits per heavy atom. The van der Waals surface area contributed by atoms with E-state index < -0.39 is 5.54 Å². The molecule has 0 spiro atoms. The third-order valence-corrected chi connectivity index (χ3v) is 5.07. The average molecular weight is 297 g/mol. The highest BCUT2D eigenvalue weighted by Gasteiger charge is 2.50. The molecule has 21 heavy (non-hydrogen) atoms. The third kappa shape index (κ3) is 3.96. The van der Waals surface area contributed by atoms with Crippen LogP contribution in [-0.4, -0.2) is 66.7 Å². The second kappa shape index (κ2) is 7.07. The topological polar surface area (TPSA) is 58.8 Å². The first kappa shape index (κ1) is 16.7. The van der Waals surface area contributed by atoms with Gasteiger partial charge in [-0.2, -0.15) is 0 Å². The van der Waals surface area contributed by atoms with Crippen LogP contribution in [0.1, 0.15) is 40.0 Å². The number of ether oxygens (including phenoxy) is 1. The van der Waals surface area contributed by atoms with Crippen LogP contribution in [0.15, 0.2) is 0 Å². The molecule has 2 aliphatic rings. The molecule has 5 nitrogen and oxygen atoms in total. The van der Waals surface area contributed by atoms with Gasteiger partial charge in [0.2, 0.25) is 0 Å². The van der Waals surface area contributed by atoms with Crippen molar-refractivity contribution in [1.82, 2.24) is 9.80 Å². The number of hydrogen-bond acceptors (Lipinski definition) is 5. The Morgan fingerprint density at radius 1 is 1.29 bits per heavy atom. The number of hydrogen-bond donors (Lipinski definition) is 1. The van der Waals surface area contributed by atoms with Crippen molar-refractivity contribution in [3.05, 3.63) is 0 Å². The van der Waals surface area contributed by atoms with Gasteiger partial charge in [-0.3, -0.25) is 9.80 Å². The lowest BCUT2D eigenvalue weighted by atomic mass is 9.93. The molecule has 122 valence electrons. The van der Waals surface area contributed by atoms with Crippen LogP contribution >= 0.6 is 0 Å². The normalized spacial score (nSPS) is 25.3. The molecular weight excluding hydrogens is 266 g/mol. The number of rotatable bonds is 7. The number of carbonyl (C=O) groups excluding carboxylic acids is 1. The average Bonchev–Trinajstić information content (AvgIpc) is 3.32. The van der Waals surface area contributed by atoms with Crippen molar-refractivity contribution < 1.29 is 9.53 Å². The molecule has 2 fully saturated rings. The van der Waals surface area contributed by atoms with Crippen LogP contribution < -0.4 is 5.73 Å². The lowest BCUT2D eigenvalue weighted by Gasteiger charge is -2.41. The minimum atomic E-state index is -0.797. The number of piperazine rings is 1. The first-order valence-electron chi connectivity index (χ1n) is 8.43. The van der Waals surface area contributed by atoms with Crippen LogP contribution in [0, 0.1) is 5.92 Å². The summed E-state index contributed by atoms with van der Waals surface area (Å²) < 4.78 is 5.23. The fourth-order valence-corrected chi connectivity index (χ4v) is 3.21. The van der Waals surface area contributed by atoms with Gasteiger partial charge in [0.1, 0.15) is 5.54 Å². The van der Waals surface area contributed by atoms with Gasteiger partial charge in [-0.1, -0.05) is 6.92 Å². The lowest BCUT2D eigenvalue weighted by Crippen LogP contribution is -2.61. The van der Waals surface area contributed by atoms with E-state index in [2.05, 4.69) is 23.6 Å². The van der Waals surface area contributed by atoms with Gasteiger partial charge >= 0.3 is 5.97 Å². The Bertz CT molecular complexity index is 351. The van der Waals surface area contributed by atoms with E-state index in [0.29, 0.717) is 25.1 Å². The molecule has 2 rings (SSSR count). The molecule has 1 aliphatic heterocycles. The Hall–Kier alpha value is -0.650. The second-order valence-electron chi connectivity index (χ2n) is 6.60. The van der Waals surface area contributed by atoms with Crippen LogP contribution in [0.5, 0.6) is 0 Å². The van der Waals surface area contributed by atoms with Crippen molar-refractivity contribution in [3.63, 3.8) is 0 Å². The first-order chi connectivity index (χ1) is 10.0. The molecule has 0 bridgehead atoms. The van der Waals surface area contributed by atoms with Gasteiger partial charge < -0.3 is 10.5 Å². The molecule has 0 aromatic rings. The molecule has 0 aromatic carbocycles. The molecule has 1 heterocycles. The summed E-state index contributed by atoms with van der Waals surface area (Å²) in [5.74, 6) is 0.0981. The number of nitrogens with zero attached hydrogens (tertiary/aromatic N) is 2. The van der Waals surface area contributed by atoms with E-state index in [9.17, 15) is 4.79 Å².